The zero-order valence-corrected chi connectivity index (χ0v) is 12.7. The maximum absolute atomic E-state index is 5.55. The first-order valence-electron chi connectivity index (χ1n) is 7.76. The van der Waals surface area contributed by atoms with Crippen LogP contribution < -0.4 is 10.6 Å². The molecule has 6 nitrogen and oxygen atoms in total. The molecule has 21 heavy (non-hydrogen) atoms. The number of hydrogen-bond acceptors (Lipinski definition) is 5. The molecule has 114 valence electrons. The molecule has 0 bridgehead atoms. The Balaban J connectivity index is 1.65. The first kappa shape index (κ1) is 14.3. The summed E-state index contributed by atoms with van der Waals surface area (Å²) >= 11 is 0. The lowest BCUT2D eigenvalue weighted by molar-refractivity contribution is 0.253. The van der Waals surface area contributed by atoms with Gasteiger partial charge in [0.2, 0.25) is 0 Å². The maximum Gasteiger partial charge on any atom is 0.154 e. The molecule has 1 aliphatic heterocycles. The molecule has 0 aliphatic carbocycles. The van der Waals surface area contributed by atoms with Crippen LogP contribution in [0.2, 0.25) is 0 Å². The largest absolute Gasteiger partial charge is 0.352 e. The van der Waals surface area contributed by atoms with E-state index in [4.69, 9.17) is 5.73 Å². The fourth-order valence-electron chi connectivity index (χ4n) is 2.94. The van der Waals surface area contributed by atoms with Crippen molar-refractivity contribution in [1.29, 1.82) is 0 Å². The van der Waals surface area contributed by atoms with Crippen molar-refractivity contribution in [3.8, 4) is 0 Å². The number of piperazine rings is 1. The highest BCUT2D eigenvalue weighted by atomic mass is 15.3. The summed E-state index contributed by atoms with van der Waals surface area (Å²) in [6.45, 7) is 8.23. The van der Waals surface area contributed by atoms with Gasteiger partial charge in [-0.2, -0.15) is 5.10 Å². The second-order valence-corrected chi connectivity index (χ2v) is 5.69. The van der Waals surface area contributed by atoms with Crippen LogP contribution >= 0.6 is 0 Å². The molecule has 0 spiro atoms. The van der Waals surface area contributed by atoms with Crippen molar-refractivity contribution in [2.24, 2.45) is 5.73 Å². The van der Waals surface area contributed by atoms with E-state index in [2.05, 4.69) is 25.9 Å². The summed E-state index contributed by atoms with van der Waals surface area (Å²) in [4.78, 5) is 9.47. The van der Waals surface area contributed by atoms with Crippen molar-refractivity contribution in [3.05, 3.63) is 24.2 Å². The van der Waals surface area contributed by atoms with Gasteiger partial charge in [0.25, 0.3) is 0 Å². The number of fused-ring (bicyclic) bond motifs is 1. The summed E-state index contributed by atoms with van der Waals surface area (Å²) in [5, 5.41) is 4.46. The molecular weight excluding hydrogens is 264 g/mol. The van der Waals surface area contributed by atoms with Crippen LogP contribution in [0.4, 0.5) is 5.82 Å². The minimum Gasteiger partial charge on any atom is -0.352 e. The topological polar surface area (TPSA) is 62.7 Å². The summed E-state index contributed by atoms with van der Waals surface area (Å²) < 4.78 is 1.92. The molecule has 6 heteroatoms. The number of unbranched alkanes of at least 4 members (excludes halogenated alkanes) is 1. The van der Waals surface area contributed by atoms with Crippen LogP contribution in [0.25, 0.3) is 5.52 Å². The standard InChI is InChI=1S/C15H24N6/c1-13-12-14-15(17-5-7-21(14)18-13)20-10-8-19(9-11-20)6-3-2-4-16/h5,7,12H,2-4,6,8-11,16H2,1H3. The number of nitrogens with zero attached hydrogens (tertiary/aromatic N) is 5. The Hall–Kier alpha value is -1.66. The molecule has 0 radical (unpaired) electrons. The predicted octanol–water partition coefficient (Wildman–Crippen LogP) is 0.899. The van der Waals surface area contributed by atoms with Gasteiger partial charge in [-0.25, -0.2) is 9.50 Å². The van der Waals surface area contributed by atoms with Gasteiger partial charge in [0.1, 0.15) is 5.52 Å². The molecule has 1 aliphatic rings. The van der Waals surface area contributed by atoms with E-state index in [0.717, 1.165) is 62.7 Å². The van der Waals surface area contributed by atoms with Crippen molar-refractivity contribution in [2.75, 3.05) is 44.2 Å². The van der Waals surface area contributed by atoms with Gasteiger partial charge in [-0.15, -0.1) is 0 Å². The SMILES string of the molecule is Cc1cc2c(N3CCN(CCCCN)CC3)nccn2n1. The van der Waals surface area contributed by atoms with E-state index in [-0.39, 0.29) is 0 Å². The first-order chi connectivity index (χ1) is 10.3. The smallest absolute Gasteiger partial charge is 0.154 e. The van der Waals surface area contributed by atoms with Crippen molar-refractivity contribution in [1.82, 2.24) is 19.5 Å². The molecule has 2 aromatic heterocycles. The van der Waals surface area contributed by atoms with Gasteiger partial charge >= 0.3 is 0 Å². The van der Waals surface area contributed by atoms with Crippen molar-refractivity contribution >= 4 is 11.3 Å². The Kier molecular flexibility index (Phi) is 4.36. The minimum absolute atomic E-state index is 0.798. The molecule has 0 amide bonds. The first-order valence-corrected chi connectivity index (χ1v) is 7.76. The van der Waals surface area contributed by atoms with E-state index in [1.165, 1.54) is 6.42 Å². The van der Waals surface area contributed by atoms with E-state index in [1.54, 1.807) is 0 Å². The van der Waals surface area contributed by atoms with Crippen molar-refractivity contribution in [3.63, 3.8) is 0 Å². The molecule has 1 saturated heterocycles. The molecule has 2 N–H and O–H groups in total. The number of aryl methyl sites for hydroxylation is 1. The van der Waals surface area contributed by atoms with Crippen molar-refractivity contribution in [2.45, 2.75) is 19.8 Å². The molecule has 1 fully saturated rings. The lowest BCUT2D eigenvalue weighted by atomic mass is 10.2. The average molecular weight is 288 g/mol. The normalized spacial score (nSPS) is 16.8. The number of nitrogens with two attached hydrogens (primary N) is 1. The number of hydrogen-bond donors (Lipinski definition) is 1. The summed E-state index contributed by atoms with van der Waals surface area (Å²) in [7, 11) is 0. The zero-order valence-electron chi connectivity index (χ0n) is 12.7. The van der Waals surface area contributed by atoms with Crippen LogP contribution in [0.15, 0.2) is 18.5 Å². The third kappa shape index (κ3) is 3.16. The lowest BCUT2D eigenvalue weighted by Crippen LogP contribution is -2.47. The second-order valence-electron chi connectivity index (χ2n) is 5.69. The summed E-state index contributed by atoms with van der Waals surface area (Å²) in [6.07, 6.45) is 6.07. The van der Waals surface area contributed by atoms with Gasteiger partial charge in [-0.05, 0) is 38.9 Å². The monoisotopic (exact) mass is 288 g/mol. The highest BCUT2D eigenvalue weighted by Crippen LogP contribution is 2.20. The highest BCUT2D eigenvalue weighted by molar-refractivity contribution is 5.69. The van der Waals surface area contributed by atoms with E-state index in [0.29, 0.717) is 0 Å². The van der Waals surface area contributed by atoms with Gasteiger partial charge in [-0.1, -0.05) is 0 Å². The van der Waals surface area contributed by atoms with Crippen LogP contribution in [-0.4, -0.2) is 58.8 Å². The molecular formula is C15H24N6. The van der Waals surface area contributed by atoms with Crippen LogP contribution in [-0.2, 0) is 0 Å². The van der Waals surface area contributed by atoms with E-state index >= 15 is 0 Å². The molecule has 2 aromatic rings. The quantitative estimate of drug-likeness (QED) is 0.828. The predicted molar refractivity (Wildman–Crippen MR) is 84.7 cm³/mol. The molecule has 0 saturated carbocycles. The fourth-order valence-corrected chi connectivity index (χ4v) is 2.94. The summed E-state index contributed by atoms with van der Waals surface area (Å²) in [5.41, 5.74) is 7.69. The fraction of sp³-hybridized carbons (Fsp3) is 0.600. The second kappa shape index (κ2) is 6.41. The lowest BCUT2D eigenvalue weighted by Gasteiger charge is -2.35. The molecule has 0 aromatic carbocycles. The zero-order chi connectivity index (χ0) is 14.7. The highest BCUT2D eigenvalue weighted by Gasteiger charge is 2.19. The molecule has 3 heterocycles. The number of aromatic nitrogens is 3. The van der Waals surface area contributed by atoms with E-state index in [9.17, 15) is 0 Å². The number of rotatable bonds is 5. The minimum atomic E-state index is 0.798. The van der Waals surface area contributed by atoms with Crippen LogP contribution in [0.3, 0.4) is 0 Å². The number of anilines is 1. The summed E-state index contributed by atoms with van der Waals surface area (Å²) in [5.74, 6) is 1.06. The van der Waals surface area contributed by atoms with Gasteiger partial charge in [0, 0.05) is 38.6 Å². The maximum atomic E-state index is 5.55. The molecule has 0 unspecified atom stereocenters. The Bertz CT molecular complexity index is 585. The van der Waals surface area contributed by atoms with Crippen LogP contribution in [0.5, 0.6) is 0 Å². The Labute approximate surface area is 125 Å². The Morgan fingerprint density at radius 3 is 2.76 bits per heavy atom. The molecule has 3 rings (SSSR count). The van der Waals surface area contributed by atoms with Crippen LogP contribution in [0.1, 0.15) is 18.5 Å². The van der Waals surface area contributed by atoms with E-state index < -0.39 is 0 Å². The van der Waals surface area contributed by atoms with Gasteiger partial charge < -0.3 is 10.6 Å². The van der Waals surface area contributed by atoms with Gasteiger partial charge in [0.15, 0.2) is 5.82 Å². The third-order valence-corrected chi connectivity index (χ3v) is 4.09. The Morgan fingerprint density at radius 1 is 1.19 bits per heavy atom. The van der Waals surface area contributed by atoms with Crippen LogP contribution in [0, 0.1) is 6.92 Å². The third-order valence-electron chi connectivity index (χ3n) is 4.09. The summed E-state index contributed by atoms with van der Waals surface area (Å²) in [6, 6.07) is 2.11. The van der Waals surface area contributed by atoms with E-state index in [1.807, 2.05) is 23.8 Å². The van der Waals surface area contributed by atoms with Crippen molar-refractivity contribution < 1.29 is 0 Å². The van der Waals surface area contributed by atoms with Gasteiger partial charge in [0.05, 0.1) is 5.69 Å². The van der Waals surface area contributed by atoms with Gasteiger partial charge in [-0.3, -0.25) is 4.90 Å². The average Bonchev–Trinajstić information content (AvgIpc) is 2.88. The Morgan fingerprint density at radius 2 is 2.00 bits per heavy atom. The molecule has 0 atom stereocenters.